The van der Waals surface area contributed by atoms with Crippen LogP contribution >= 0.6 is 11.6 Å². The average molecular weight is 326 g/mol. The third-order valence-corrected chi connectivity index (χ3v) is 4.31. The summed E-state index contributed by atoms with van der Waals surface area (Å²) in [6.07, 6.45) is 0. The normalized spacial score (nSPS) is 11.4. The molecule has 0 aliphatic carbocycles. The molecule has 0 bridgehead atoms. The summed E-state index contributed by atoms with van der Waals surface area (Å²) in [5.41, 5.74) is 1.67. The van der Waals surface area contributed by atoms with Gasteiger partial charge in [0.15, 0.2) is 0 Å². The lowest BCUT2D eigenvalue weighted by molar-refractivity contribution is 0.483. The molecule has 0 saturated heterocycles. The molecule has 4 nitrogen and oxygen atoms in total. The number of hydrogen-bond acceptors (Lipinski definition) is 3. The van der Waals surface area contributed by atoms with Gasteiger partial charge in [0.25, 0.3) is 10.1 Å². The minimum absolute atomic E-state index is 0.102. The molecule has 2 rings (SSSR count). The monoisotopic (exact) mass is 325 g/mol. The molecule has 0 unspecified atom stereocenters. The summed E-state index contributed by atoms with van der Waals surface area (Å²) < 4.78 is 31.5. The molecule has 0 aliphatic rings. The van der Waals surface area contributed by atoms with Crippen molar-refractivity contribution in [2.75, 3.05) is 11.4 Å². The summed E-state index contributed by atoms with van der Waals surface area (Å²) in [5, 5.41) is 0.644. The number of nitrogens with zero attached hydrogens (tertiary/aromatic N) is 1. The van der Waals surface area contributed by atoms with Crippen molar-refractivity contribution < 1.29 is 13.0 Å². The zero-order chi connectivity index (χ0) is 15.5. The van der Waals surface area contributed by atoms with Crippen LogP contribution in [0.25, 0.3) is 0 Å². The predicted molar refractivity (Wildman–Crippen MR) is 84.4 cm³/mol. The Morgan fingerprint density at radius 2 is 1.86 bits per heavy atom. The quantitative estimate of drug-likeness (QED) is 0.853. The molecule has 0 amide bonds. The molecule has 0 heterocycles. The number of hydrogen-bond donors (Lipinski definition) is 1. The van der Waals surface area contributed by atoms with Crippen molar-refractivity contribution in [1.29, 1.82) is 0 Å². The molecule has 0 fully saturated rings. The Morgan fingerprint density at radius 3 is 2.48 bits per heavy atom. The highest BCUT2D eigenvalue weighted by atomic mass is 35.5. The van der Waals surface area contributed by atoms with Crippen LogP contribution in [0, 0.1) is 0 Å². The molecule has 21 heavy (non-hydrogen) atoms. The molecular formula is C15H16ClNO3S. The molecule has 0 aromatic heterocycles. The van der Waals surface area contributed by atoms with Crippen molar-refractivity contribution in [3.05, 3.63) is 59.1 Å². The molecule has 0 saturated carbocycles. The summed E-state index contributed by atoms with van der Waals surface area (Å²) in [6, 6.07) is 13.7. The van der Waals surface area contributed by atoms with E-state index in [0.717, 1.165) is 17.8 Å². The molecule has 1 N–H and O–H groups in total. The summed E-state index contributed by atoms with van der Waals surface area (Å²) in [7, 11) is -4.19. The van der Waals surface area contributed by atoms with E-state index in [4.69, 9.17) is 16.2 Å². The van der Waals surface area contributed by atoms with Gasteiger partial charge in [-0.2, -0.15) is 8.42 Å². The first-order valence-electron chi connectivity index (χ1n) is 6.47. The second kappa shape index (κ2) is 6.47. The maximum atomic E-state index is 11.2. The fourth-order valence-corrected chi connectivity index (χ4v) is 2.91. The van der Waals surface area contributed by atoms with Crippen LogP contribution in [-0.2, 0) is 16.7 Å². The molecule has 112 valence electrons. The Hall–Kier alpha value is -1.56. The van der Waals surface area contributed by atoms with E-state index < -0.39 is 10.1 Å². The first-order valence-corrected chi connectivity index (χ1v) is 8.29. The lowest BCUT2D eigenvalue weighted by Gasteiger charge is -2.24. The van der Waals surface area contributed by atoms with Gasteiger partial charge >= 0.3 is 0 Å². The van der Waals surface area contributed by atoms with Crippen LogP contribution in [0.5, 0.6) is 0 Å². The summed E-state index contributed by atoms with van der Waals surface area (Å²) in [5.74, 6) is 0. The molecule has 2 aromatic rings. The Balaban J connectivity index is 2.30. The van der Waals surface area contributed by atoms with E-state index in [-0.39, 0.29) is 4.90 Å². The number of anilines is 1. The summed E-state index contributed by atoms with van der Waals surface area (Å²) >= 11 is 6.19. The first kappa shape index (κ1) is 15.8. The third-order valence-electron chi connectivity index (χ3n) is 3.14. The fourth-order valence-electron chi connectivity index (χ4n) is 2.10. The lowest BCUT2D eigenvalue weighted by atomic mass is 10.2. The molecule has 6 heteroatoms. The van der Waals surface area contributed by atoms with Crippen LogP contribution in [0.15, 0.2) is 53.4 Å². The van der Waals surface area contributed by atoms with E-state index in [9.17, 15) is 8.42 Å². The van der Waals surface area contributed by atoms with Crippen LogP contribution in [0.2, 0.25) is 5.02 Å². The van der Waals surface area contributed by atoms with Crippen LogP contribution in [0.1, 0.15) is 12.5 Å². The van der Waals surface area contributed by atoms with E-state index >= 15 is 0 Å². The Bertz CT molecular complexity index is 731. The molecular weight excluding hydrogens is 310 g/mol. The van der Waals surface area contributed by atoms with E-state index in [0.29, 0.717) is 11.6 Å². The van der Waals surface area contributed by atoms with E-state index in [2.05, 4.69) is 0 Å². The minimum Gasteiger partial charge on any atom is -0.366 e. The standard InChI is InChI=1S/C15H16ClNO3S/c1-2-17(15-9-4-3-8-14(15)16)11-12-6-5-7-13(10-12)21(18,19)20/h3-10H,2,11H2,1H3,(H,18,19,20). The minimum atomic E-state index is -4.19. The highest BCUT2D eigenvalue weighted by Gasteiger charge is 2.12. The first-order chi connectivity index (χ1) is 9.91. The second-order valence-electron chi connectivity index (χ2n) is 4.59. The maximum absolute atomic E-state index is 11.2. The molecule has 2 aromatic carbocycles. The van der Waals surface area contributed by atoms with Gasteiger partial charge in [0.1, 0.15) is 0 Å². The Labute approximate surface area is 129 Å². The van der Waals surface area contributed by atoms with Gasteiger partial charge < -0.3 is 4.90 Å². The van der Waals surface area contributed by atoms with Gasteiger partial charge in [0, 0.05) is 13.1 Å². The van der Waals surface area contributed by atoms with E-state index in [1.165, 1.54) is 12.1 Å². The summed E-state index contributed by atoms with van der Waals surface area (Å²) in [4.78, 5) is 1.93. The number of halogens is 1. The Kier molecular flexibility index (Phi) is 4.88. The van der Waals surface area contributed by atoms with Gasteiger partial charge in [-0.3, -0.25) is 4.55 Å². The van der Waals surface area contributed by atoms with Crippen molar-refractivity contribution in [2.45, 2.75) is 18.4 Å². The van der Waals surface area contributed by atoms with Crippen molar-refractivity contribution in [2.24, 2.45) is 0 Å². The topological polar surface area (TPSA) is 57.6 Å². The largest absolute Gasteiger partial charge is 0.366 e. The van der Waals surface area contributed by atoms with Gasteiger partial charge in [-0.15, -0.1) is 0 Å². The summed E-state index contributed by atoms with van der Waals surface area (Å²) in [6.45, 7) is 3.22. The average Bonchev–Trinajstić information content (AvgIpc) is 2.45. The zero-order valence-corrected chi connectivity index (χ0v) is 13.1. The predicted octanol–water partition coefficient (Wildman–Crippen LogP) is 3.61. The highest BCUT2D eigenvalue weighted by molar-refractivity contribution is 7.85. The number of benzene rings is 2. The van der Waals surface area contributed by atoms with Crippen molar-refractivity contribution >= 4 is 27.4 Å². The highest BCUT2D eigenvalue weighted by Crippen LogP contribution is 2.26. The zero-order valence-electron chi connectivity index (χ0n) is 11.5. The molecule has 0 radical (unpaired) electrons. The van der Waals surface area contributed by atoms with Crippen molar-refractivity contribution in [3.63, 3.8) is 0 Å². The van der Waals surface area contributed by atoms with Crippen LogP contribution in [0.3, 0.4) is 0 Å². The lowest BCUT2D eigenvalue weighted by Crippen LogP contribution is -2.22. The van der Waals surface area contributed by atoms with Crippen molar-refractivity contribution in [1.82, 2.24) is 0 Å². The molecule has 0 aliphatic heterocycles. The van der Waals surface area contributed by atoms with Crippen LogP contribution in [0.4, 0.5) is 5.69 Å². The number of rotatable bonds is 5. The SMILES string of the molecule is CCN(Cc1cccc(S(=O)(=O)O)c1)c1ccccc1Cl. The van der Waals surface area contributed by atoms with Crippen LogP contribution in [-0.4, -0.2) is 19.5 Å². The molecule has 0 spiro atoms. The van der Waals surface area contributed by atoms with E-state index in [1.807, 2.05) is 42.2 Å². The molecule has 0 atom stereocenters. The van der Waals surface area contributed by atoms with Gasteiger partial charge in [-0.05, 0) is 36.8 Å². The van der Waals surface area contributed by atoms with Crippen LogP contribution < -0.4 is 4.90 Å². The third kappa shape index (κ3) is 3.97. The van der Waals surface area contributed by atoms with Gasteiger partial charge in [0.2, 0.25) is 0 Å². The van der Waals surface area contributed by atoms with Crippen molar-refractivity contribution in [3.8, 4) is 0 Å². The number of para-hydroxylation sites is 1. The smallest absolute Gasteiger partial charge is 0.294 e. The maximum Gasteiger partial charge on any atom is 0.294 e. The second-order valence-corrected chi connectivity index (χ2v) is 6.42. The van der Waals surface area contributed by atoms with Gasteiger partial charge in [-0.1, -0.05) is 35.9 Å². The van der Waals surface area contributed by atoms with Gasteiger partial charge in [0.05, 0.1) is 15.6 Å². The fraction of sp³-hybridized carbons (Fsp3) is 0.200. The van der Waals surface area contributed by atoms with E-state index in [1.54, 1.807) is 6.07 Å². The Morgan fingerprint density at radius 1 is 1.14 bits per heavy atom. The van der Waals surface area contributed by atoms with Gasteiger partial charge in [-0.25, -0.2) is 0 Å².